The minimum absolute atomic E-state index is 0.0665. The lowest BCUT2D eigenvalue weighted by atomic mass is 10.4. The maximum atomic E-state index is 9.90. The zero-order valence-corrected chi connectivity index (χ0v) is 13.1. The second-order valence-corrected chi connectivity index (χ2v) is 3.98. The van der Waals surface area contributed by atoms with Crippen molar-refractivity contribution in [3.05, 3.63) is 0 Å². The van der Waals surface area contributed by atoms with Gasteiger partial charge in [-0.25, -0.2) is 14.4 Å². The minimum atomic E-state index is -0.606. The Balaban J connectivity index is -0.000000262. The maximum absolute atomic E-state index is 9.90. The third kappa shape index (κ3) is 45.1. The summed E-state index contributed by atoms with van der Waals surface area (Å²) in [5.74, 6) is 0. The lowest BCUT2D eigenvalue weighted by Gasteiger charge is -2.01. The molecule has 12 nitrogen and oxygen atoms in total. The fourth-order valence-corrected chi connectivity index (χ4v) is 0.718. The molecule has 138 valence electrons. The molecule has 0 heterocycles. The van der Waals surface area contributed by atoms with Crippen LogP contribution in [0.15, 0.2) is 0 Å². The predicted molar refractivity (Wildman–Crippen MR) is 83.2 cm³/mol. The van der Waals surface area contributed by atoms with E-state index in [2.05, 4.69) is 27.4 Å². The van der Waals surface area contributed by atoms with E-state index >= 15 is 0 Å². The fraction of sp³-hybridized carbons (Fsp3) is 0.727. The summed E-state index contributed by atoms with van der Waals surface area (Å²) in [6, 6.07) is -1.75. The summed E-state index contributed by atoms with van der Waals surface area (Å²) in [4.78, 5) is 29.6. The molecule has 0 aliphatic rings. The number of primary amides is 3. The highest BCUT2D eigenvalue weighted by Crippen LogP contribution is 1.72. The van der Waals surface area contributed by atoms with E-state index in [0.717, 1.165) is 0 Å². The first-order valence-corrected chi connectivity index (χ1v) is 6.67. The van der Waals surface area contributed by atoms with Gasteiger partial charge in [0.05, 0.1) is 12.7 Å². The van der Waals surface area contributed by atoms with Gasteiger partial charge in [-0.3, -0.25) is 0 Å². The molecule has 0 saturated carbocycles. The smallest absolute Gasteiger partial charge is 0.312 e. The van der Waals surface area contributed by atoms with Crippen LogP contribution in [0.1, 0.15) is 13.3 Å². The largest absolute Gasteiger partial charge is 0.396 e. The van der Waals surface area contributed by atoms with Gasteiger partial charge in [-0.2, -0.15) is 0 Å². The number of carbonyl (C=O) groups is 3. The van der Waals surface area contributed by atoms with Crippen LogP contribution in [0.2, 0.25) is 0 Å². The van der Waals surface area contributed by atoms with Crippen molar-refractivity contribution in [2.24, 2.45) is 17.2 Å². The number of aliphatic hydroxyl groups is 3. The molecule has 6 amide bonds. The summed E-state index contributed by atoms with van der Waals surface area (Å²) in [6.07, 6.45) is 0.0330. The Morgan fingerprint density at radius 3 is 1.52 bits per heavy atom. The van der Waals surface area contributed by atoms with Crippen molar-refractivity contribution in [2.45, 2.75) is 19.4 Å². The number of hydrogen-bond donors (Lipinski definition) is 9. The predicted octanol–water partition coefficient (Wildman–Crippen LogP) is -3.28. The van der Waals surface area contributed by atoms with Crippen LogP contribution in [-0.4, -0.2) is 72.4 Å². The van der Waals surface area contributed by atoms with Gasteiger partial charge < -0.3 is 48.5 Å². The van der Waals surface area contributed by atoms with E-state index in [1.807, 2.05) is 0 Å². The average Bonchev–Trinajstić information content (AvgIpc) is 2.44. The molecule has 23 heavy (non-hydrogen) atoms. The molecule has 1 atom stereocenters. The van der Waals surface area contributed by atoms with Crippen LogP contribution in [0.5, 0.6) is 0 Å². The summed E-state index contributed by atoms with van der Waals surface area (Å²) in [7, 11) is 0. The van der Waals surface area contributed by atoms with E-state index in [1.165, 1.54) is 0 Å². The maximum Gasteiger partial charge on any atom is 0.312 e. The molecule has 0 aromatic carbocycles. The Morgan fingerprint density at radius 1 is 0.870 bits per heavy atom. The highest BCUT2D eigenvalue weighted by molar-refractivity contribution is 5.72. The molecular formula is C11H28N6O6. The summed E-state index contributed by atoms with van der Waals surface area (Å²) < 4.78 is 0. The van der Waals surface area contributed by atoms with Crippen molar-refractivity contribution < 1.29 is 29.7 Å². The number of urea groups is 3. The molecule has 0 aliphatic carbocycles. The average molecular weight is 340 g/mol. The molecule has 0 aromatic heterocycles. The van der Waals surface area contributed by atoms with Gasteiger partial charge in [0, 0.05) is 26.2 Å². The normalized spacial score (nSPS) is 9.91. The Bertz CT molecular complexity index is 315. The number of rotatable bonds is 7. The van der Waals surface area contributed by atoms with Crippen molar-refractivity contribution in [1.82, 2.24) is 16.0 Å². The van der Waals surface area contributed by atoms with Gasteiger partial charge in [-0.1, -0.05) is 0 Å². The topological polar surface area (TPSA) is 226 Å². The molecule has 0 aromatic rings. The first-order valence-electron chi connectivity index (χ1n) is 6.67. The Hall–Kier alpha value is -2.31. The number of carbonyl (C=O) groups excluding carboxylic acids is 3. The monoisotopic (exact) mass is 340 g/mol. The number of hydrogen-bond acceptors (Lipinski definition) is 6. The molecule has 0 aliphatic heterocycles. The van der Waals surface area contributed by atoms with Gasteiger partial charge >= 0.3 is 18.1 Å². The van der Waals surface area contributed by atoms with Crippen LogP contribution in [-0.2, 0) is 0 Å². The molecule has 0 bridgehead atoms. The van der Waals surface area contributed by atoms with E-state index in [4.69, 9.17) is 21.1 Å². The molecule has 0 rings (SSSR count). The van der Waals surface area contributed by atoms with Crippen LogP contribution < -0.4 is 33.2 Å². The first-order chi connectivity index (χ1) is 10.7. The highest BCUT2D eigenvalue weighted by atomic mass is 16.3. The van der Waals surface area contributed by atoms with E-state index in [-0.39, 0.29) is 26.3 Å². The number of amides is 6. The summed E-state index contributed by atoms with van der Waals surface area (Å²) in [5, 5.41) is 31.5. The molecular weight excluding hydrogens is 312 g/mol. The van der Waals surface area contributed by atoms with Crippen LogP contribution in [0.25, 0.3) is 0 Å². The zero-order valence-electron chi connectivity index (χ0n) is 13.1. The minimum Gasteiger partial charge on any atom is -0.396 e. The Kier molecular flexibility index (Phi) is 21.9. The lowest BCUT2D eigenvalue weighted by molar-refractivity contribution is 0.189. The molecule has 0 spiro atoms. The highest BCUT2D eigenvalue weighted by Gasteiger charge is 1.94. The standard InChI is InChI=1S/2C4H10N2O2.C3H8N2O2/c1-3(7)2-6-4(5)8;5-4(8)6-2-1-3-7;4-3(7)5-1-2-6/h3,7H,2H2,1H3,(H3,5,6,8);7H,1-3H2,(H3,5,6,8);6H,1-2H2,(H3,4,5,7). The first kappa shape index (κ1) is 25.6. The lowest BCUT2D eigenvalue weighted by Crippen LogP contribution is -2.34. The quantitative estimate of drug-likeness (QED) is 0.216. The Labute approximate surface area is 134 Å². The summed E-state index contributed by atoms with van der Waals surface area (Å²) in [5.41, 5.74) is 14.0. The SMILES string of the molecule is CC(O)CNC(N)=O.NC(=O)NCCCO.NC(=O)NCCO. The van der Waals surface area contributed by atoms with Crippen molar-refractivity contribution in [2.75, 3.05) is 32.8 Å². The molecule has 12 N–H and O–H groups in total. The van der Waals surface area contributed by atoms with Crippen LogP contribution >= 0.6 is 0 Å². The van der Waals surface area contributed by atoms with Crippen molar-refractivity contribution in [3.8, 4) is 0 Å². The van der Waals surface area contributed by atoms with Gasteiger partial charge in [-0.05, 0) is 13.3 Å². The molecule has 1 unspecified atom stereocenters. The third-order valence-corrected chi connectivity index (χ3v) is 1.62. The number of nitrogens with two attached hydrogens (primary N) is 3. The van der Waals surface area contributed by atoms with Gasteiger partial charge in [0.2, 0.25) is 0 Å². The molecule has 0 fully saturated rings. The zero-order chi connectivity index (χ0) is 18.7. The fourth-order valence-electron chi connectivity index (χ4n) is 0.718. The molecule has 12 heteroatoms. The van der Waals surface area contributed by atoms with Crippen LogP contribution in [0.3, 0.4) is 0 Å². The van der Waals surface area contributed by atoms with Gasteiger partial charge in [0.25, 0.3) is 0 Å². The summed E-state index contributed by atoms with van der Waals surface area (Å²) in [6.45, 7) is 2.48. The number of aliphatic hydroxyl groups excluding tert-OH is 3. The van der Waals surface area contributed by atoms with Crippen molar-refractivity contribution >= 4 is 18.1 Å². The number of nitrogens with one attached hydrogen (secondary N) is 3. The van der Waals surface area contributed by atoms with Crippen LogP contribution in [0, 0.1) is 0 Å². The van der Waals surface area contributed by atoms with Gasteiger partial charge in [0.1, 0.15) is 0 Å². The second-order valence-electron chi connectivity index (χ2n) is 3.98. The molecule has 0 saturated heterocycles. The molecule has 0 radical (unpaired) electrons. The van der Waals surface area contributed by atoms with Gasteiger partial charge in [0.15, 0.2) is 0 Å². The van der Waals surface area contributed by atoms with Crippen molar-refractivity contribution in [1.29, 1.82) is 0 Å². The Morgan fingerprint density at radius 2 is 1.30 bits per heavy atom. The van der Waals surface area contributed by atoms with Crippen molar-refractivity contribution in [3.63, 3.8) is 0 Å². The van der Waals surface area contributed by atoms with E-state index in [1.54, 1.807) is 6.92 Å². The summed E-state index contributed by atoms with van der Waals surface area (Å²) >= 11 is 0. The second kappa shape index (κ2) is 19.7. The van der Waals surface area contributed by atoms with Crippen LogP contribution in [0.4, 0.5) is 14.4 Å². The van der Waals surface area contributed by atoms with E-state index < -0.39 is 24.2 Å². The van der Waals surface area contributed by atoms with E-state index in [0.29, 0.717) is 13.0 Å². The third-order valence-electron chi connectivity index (χ3n) is 1.62. The van der Waals surface area contributed by atoms with Gasteiger partial charge in [-0.15, -0.1) is 0 Å². The van der Waals surface area contributed by atoms with E-state index in [9.17, 15) is 14.4 Å².